The van der Waals surface area contributed by atoms with E-state index in [1.165, 1.54) is 0 Å². The van der Waals surface area contributed by atoms with E-state index in [1.54, 1.807) is 0 Å². The fourth-order valence-corrected chi connectivity index (χ4v) is 6.63. The molecular formula is C16H27O6P. The number of ether oxygens (including phenoxy) is 2. The normalized spacial score (nSPS) is 47.7. The van der Waals surface area contributed by atoms with Crippen LogP contribution in [-0.2, 0) is 27.9 Å². The molecule has 6 nitrogen and oxygen atoms in total. The first-order valence-corrected chi connectivity index (χ1v) is 10.1. The molecule has 0 N–H and O–H groups in total. The van der Waals surface area contributed by atoms with Crippen molar-refractivity contribution < 1.29 is 27.9 Å². The fraction of sp³-hybridized carbons (Fsp3) is 0.938. The van der Waals surface area contributed by atoms with Crippen LogP contribution in [0.15, 0.2) is 0 Å². The van der Waals surface area contributed by atoms with Crippen LogP contribution in [0.25, 0.3) is 0 Å². The summed E-state index contributed by atoms with van der Waals surface area (Å²) in [5, 5.41) is 0. The first-order valence-electron chi connectivity index (χ1n) is 8.45. The van der Waals surface area contributed by atoms with Gasteiger partial charge in [-0.15, -0.1) is 0 Å². The molecule has 2 saturated heterocycles. The standard InChI is InChI=1S/C16H27O6P/c1-11-9-12(2)22-23(18,21-11)14-10-15(3,6-5-13(14)17)16(4)19-7-8-20-16/h11-12,14H,5-10H2,1-4H3/t11-,12-,14?,15+/m0/s1. The van der Waals surface area contributed by atoms with Gasteiger partial charge in [0.15, 0.2) is 5.79 Å². The number of rotatable bonds is 2. The van der Waals surface area contributed by atoms with Gasteiger partial charge in [0.25, 0.3) is 0 Å². The van der Waals surface area contributed by atoms with E-state index in [9.17, 15) is 9.36 Å². The van der Waals surface area contributed by atoms with Crippen LogP contribution in [0.5, 0.6) is 0 Å². The Bertz CT molecular complexity index is 515. The van der Waals surface area contributed by atoms with Crippen LogP contribution in [-0.4, -0.2) is 42.7 Å². The summed E-state index contributed by atoms with van der Waals surface area (Å²) in [6.45, 7) is 8.80. The predicted octanol–water partition coefficient (Wildman–Crippen LogP) is 3.28. The van der Waals surface area contributed by atoms with Crippen LogP contribution in [0.2, 0.25) is 0 Å². The zero-order valence-corrected chi connectivity index (χ0v) is 15.3. The summed E-state index contributed by atoms with van der Waals surface area (Å²) in [6, 6.07) is 0. The molecule has 0 radical (unpaired) electrons. The lowest BCUT2D eigenvalue weighted by molar-refractivity contribution is -0.227. The van der Waals surface area contributed by atoms with Gasteiger partial charge >= 0.3 is 7.60 Å². The molecule has 1 aliphatic carbocycles. The van der Waals surface area contributed by atoms with Gasteiger partial charge in [0.1, 0.15) is 11.4 Å². The maximum Gasteiger partial charge on any atom is 0.341 e. The second-order valence-corrected chi connectivity index (χ2v) is 9.62. The summed E-state index contributed by atoms with van der Waals surface area (Å²) >= 11 is 0. The second-order valence-electron chi connectivity index (χ2n) is 7.50. The van der Waals surface area contributed by atoms with E-state index in [-0.39, 0.29) is 18.0 Å². The summed E-state index contributed by atoms with van der Waals surface area (Å²) in [5.41, 5.74) is -1.12. The van der Waals surface area contributed by atoms with Crippen molar-refractivity contribution in [3.05, 3.63) is 0 Å². The van der Waals surface area contributed by atoms with Gasteiger partial charge in [-0.05, 0) is 33.6 Å². The van der Waals surface area contributed by atoms with Crippen molar-refractivity contribution >= 4 is 13.4 Å². The van der Waals surface area contributed by atoms with Crippen molar-refractivity contribution in [1.29, 1.82) is 0 Å². The lowest BCUT2D eigenvalue weighted by atomic mass is 9.69. The minimum atomic E-state index is -3.47. The molecule has 3 aliphatic rings. The molecule has 0 spiro atoms. The summed E-state index contributed by atoms with van der Waals surface area (Å²) in [4.78, 5) is 12.5. The largest absolute Gasteiger partial charge is 0.347 e. The maximum absolute atomic E-state index is 13.3. The average molecular weight is 346 g/mol. The first-order chi connectivity index (χ1) is 10.7. The minimum absolute atomic E-state index is 0.0336. The van der Waals surface area contributed by atoms with E-state index in [0.29, 0.717) is 38.9 Å². The summed E-state index contributed by atoms with van der Waals surface area (Å²) in [7, 11) is -3.47. The topological polar surface area (TPSA) is 71.1 Å². The lowest BCUT2D eigenvalue weighted by Gasteiger charge is -2.48. The van der Waals surface area contributed by atoms with Crippen molar-refractivity contribution in [3.8, 4) is 0 Å². The predicted molar refractivity (Wildman–Crippen MR) is 84.4 cm³/mol. The van der Waals surface area contributed by atoms with Crippen LogP contribution in [0, 0.1) is 5.41 Å². The van der Waals surface area contributed by atoms with E-state index < -0.39 is 24.5 Å². The van der Waals surface area contributed by atoms with Crippen molar-refractivity contribution in [2.45, 2.75) is 77.0 Å². The summed E-state index contributed by atoms with van der Waals surface area (Å²) in [6.07, 6.45) is 1.76. The van der Waals surface area contributed by atoms with Gasteiger partial charge in [-0.1, -0.05) is 6.92 Å². The van der Waals surface area contributed by atoms with E-state index in [2.05, 4.69) is 0 Å². The molecular weight excluding hydrogens is 319 g/mol. The Kier molecular flexibility index (Phi) is 4.52. The SMILES string of the molecule is C[C@H]1C[C@H](C)OP(=O)(C2C[C@](C)(C3(C)OCCO3)CCC2=O)O1. The first kappa shape index (κ1) is 17.6. The Morgan fingerprint density at radius 3 is 2.22 bits per heavy atom. The summed E-state index contributed by atoms with van der Waals surface area (Å²) in [5.74, 6) is -0.785. The molecule has 2 heterocycles. The van der Waals surface area contributed by atoms with Crippen molar-refractivity contribution in [2.75, 3.05) is 13.2 Å². The molecule has 23 heavy (non-hydrogen) atoms. The van der Waals surface area contributed by atoms with Gasteiger partial charge < -0.3 is 18.5 Å². The zero-order valence-electron chi connectivity index (χ0n) is 14.4. The van der Waals surface area contributed by atoms with Gasteiger partial charge in [-0.3, -0.25) is 9.36 Å². The monoisotopic (exact) mass is 346 g/mol. The fourth-order valence-electron chi connectivity index (χ4n) is 4.00. The van der Waals surface area contributed by atoms with Crippen LogP contribution in [0.1, 0.15) is 53.4 Å². The highest BCUT2D eigenvalue weighted by Gasteiger charge is 2.58. The zero-order chi connectivity index (χ0) is 16.9. The lowest BCUT2D eigenvalue weighted by Crippen LogP contribution is -2.51. The molecule has 0 amide bonds. The van der Waals surface area contributed by atoms with Crippen LogP contribution in [0.3, 0.4) is 0 Å². The van der Waals surface area contributed by atoms with Gasteiger partial charge in [0.05, 0.1) is 25.4 Å². The number of ketones is 1. The molecule has 3 fully saturated rings. The van der Waals surface area contributed by atoms with Crippen molar-refractivity contribution in [3.63, 3.8) is 0 Å². The van der Waals surface area contributed by atoms with Gasteiger partial charge in [0, 0.05) is 18.3 Å². The van der Waals surface area contributed by atoms with E-state index in [1.807, 2.05) is 27.7 Å². The third kappa shape index (κ3) is 3.05. The number of carbonyl (C=O) groups is 1. The maximum atomic E-state index is 13.3. The van der Waals surface area contributed by atoms with E-state index >= 15 is 0 Å². The highest BCUT2D eigenvalue weighted by atomic mass is 31.2. The molecule has 0 aromatic heterocycles. The second kappa shape index (κ2) is 5.92. The van der Waals surface area contributed by atoms with E-state index in [0.717, 1.165) is 0 Å². The molecule has 4 atom stereocenters. The third-order valence-electron chi connectivity index (χ3n) is 5.57. The Morgan fingerprint density at radius 2 is 1.65 bits per heavy atom. The molecule has 2 aliphatic heterocycles. The molecule has 7 heteroatoms. The highest BCUT2D eigenvalue weighted by Crippen LogP contribution is 2.64. The smallest absolute Gasteiger partial charge is 0.341 e. The Labute approximate surface area is 137 Å². The van der Waals surface area contributed by atoms with Crippen LogP contribution < -0.4 is 0 Å². The number of hydrogen-bond acceptors (Lipinski definition) is 6. The third-order valence-corrected chi connectivity index (χ3v) is 8.11. The highest BCUT2D eigenvalue weighted by molar-refractivity contribution is 7.55. The van der Waals surface area contributed by atoms with Gasteiger partial charge in [-0.2, -0.15) is 0 Å². The van der Waals surface area contributed by atoms with Gasteiger partial charge in [0.2, 0.25) is 0 Å². The van der Waals surface area contributed by atoms with Crippen molar-refractivity contribution in [2.24, 2.45) is 5.41 Å². The molecule has 1 saturated carbocycles. The molecule has 1 unspecified atom stereocenters. The minimum Gasteiger partial charge on any atom is -0.347 e. The Morgan fingerprint density at radius 1 is 1.09 bits per heavy atom. The van der Waals surface area contributed by atoms with E-state index in [4.69, 9.17) is 18.5 Å². The molecule has 0 aromatic carbocycles. The number of carbonyl (C=O) groups excluding carboxylic acids is 1. The number of hydrogen-bond donors (Lipinski definition) is 0. The Hall–Kier alpha value is -0.260. The average Bonchev–Trinajstić information content (AvgIpc) is 2.89. The molecule has 3 rings (SSSR count). The van der Waals surface area contributed by atoms with Crippen molar-refractivity contribution in [1.82, 2.24) is 0 Å². The number of Topliss-reactive ketones (excluding diaryl/α,β-unsaturated/α-hetero) is 1. The van der Waals surface area contributed by atoms with Gasteiger partial charge in [-0.25, -0.2) is 0 Å². The molecule has 0 aromatic rings. The Balaban J connectivity index is 1.86. The quantitative estimate of drug-likeness (QED) is 0.715. The summed E-state index contributed by atoms with van der Waals surface area (Å²) < 4.78 is 36.3. The van der Waals surface area contributed by atoms with Crippen LogP contribution >= 0.6 is 7.60 Å². The molecule has 0 bridgehead atoms. The van der Waals surface area contributed by atoms with Crippen LogP contribution in [0.4, 0.5) is 0 Å². The molecule has 132 valence electrons.